The van der Waals surface area contributed by atoms with Crippen LogP contribution in [0.4, 0.5) is 0 Å². The van der Waals surface area contributed by atoms with Crippen LogP contribution in [-0.2, 0) is 23.1 Å². The Morgan fingerprint density at radius 3 is 2.55 bits per heavy atom. The molecule has 31 heavy (non-hydrogen) atoms. The molecule has 0 radical (unpaired) electrons. The van der Waals surface area contributed by atoms with Crippen LogP contribution in [0.5, 0.6) is 5.75 Å². The van der Waals surface area contributed by atoms with Gasteiger partial charge in [-0.3, -0.25) is 9.59 Å². The van der Waals surface area contributed by atoms with E-state index in [1.54, 1.807) is 12.1 Å². The number of nitrogens with two attached hydrogens (primary N) is 1. The van der Waals surface area contributed by atoms with Gasteiger partial charge in [-0.05, 0) is 36.6 Å². The van der Waals surface area contributed by atoms with Gasteiger partial charge in [0.1, 0.15) is 0 Å². The van der Waals surface area contributed by atoms with E-state index in [1.807, 2.05) is 6.07 Å². The van der Waals surface area contributed by atoms with Gasteiger partial charge in [0.05, 0.1) is 28.4 Å². The molecule has 0 atom stereocenters. The van der Waals surface area contributed by atoms with Gasteiger partial charge < -0.3 is 25.2 Å². The molecule has 0 aliphatic rings. The van der Waals surface area contributed by atoms with Gasteiger partial charge in [-0.1, -0.05) is 34.4 Å². The fraction of sp³-hybridized carbons (Fsp3) is 0.300. The Kier molecular flexibility index (Phi) is 8.47. The molecule has 1 aromatic heterocycles. The number of rotatable bonds is 8. The fourth-order valence-electron chi connectivity index (χ4n) is 2.73. The first kappa shape index (κ1) is 24.2. The van der Waals surface area contributed by atoms with Gasteiger partial charge in [0, 0.05) is 20.5 Å². The van der Waals surface area contributed by atoms with Crippen molar-refractivity contribution in [2.75, 3.05) is 13.7 Å². The summed E-state index contributed by atoms with van der Waals surface area (Å²) in [5, 5.41) is 7.15. The van der Waals surface area contributed by atoms with Crippen LogP contribution in [0.2, 0.25) is 10.0 Å². The zero-order valence-electron chi connectivity index (χ0n) is 17.2. The molecule has 166 valence electrons. The molecule has 11 heteroatoms. The van der Waals surface area contributed by atoms with Crippen LogP contribution in [0, 0.1) is 0 Å². The summed E-state index contributed by atoms with van der Waals surface area (Å²) in [6, 6.07) is 6.69. The zero-order chi connectivity index (χ0) is 23.1. The third kappa shape index (κ3) is 6.22. The van der Waals surface area contributed by atoms with Gasteiger partial charge >= 0.3 is 5.97 Å². The number of amidine groups is 1. The lowest BCUT2D eigenvalue weighted by molar-refractivity contribution is -0.140. The quantitative estimate of drug-likeness (QED) is 0.201. The smallest absolute Gasteiger partial charge is 0.332 e. The topological polar surface area (TPSA) is 125 Å². The molecule has 2 aromatic rings. The van der Waals surface area contributed by atoms with Crippen molar-refractivity contribution < 1.29 is 19.2 Å². The maximum Gasteiger partial charge on any atom is 0.332 e. The Morgan fingerprint density at radius 2 is 1.94 bits per heavy atom. The summed E-state index contributed by atoms with van der Waals surface area (Å²) in [6.45, 7) is 1.49. The molecule has 0 saturated carbocycles. The predicted molar refractivity (Wildman–Crippen MR) is 118 cm³/mol. The molecule has 1 aromatic carbocycles. The minimum Gasteiger partial charge on any atom is -0.491 e. The van der Waals surface area contributed by atoms with Gasteiger partial charge in [0.2, 0.25) is 0 Å². The first-order valence-electron chi connectivity index (χ1n) is 9.17. The highest BCUT2D eigenvalue weighted by Crippen LogP contribution is 2.23. The van der Waals surface area contributed by atoms with Gasteiger partial charge in [0.25, 0.3) is 11.5 Å². The minimum atomic E-state index is -0.679. The molecule has 0 spiro atoms. The Balaban J connectivity index is 2.16. The Bertz CT molecular complexity index is 1080. The molecular weight excluding hydrogens is 447 g/mol. The summed E-state index contributed by atoms with van der Waals surface area (Å²) in [4.78, 5) is 40.7. The number of amides is 1. The van der Waals surface area contributed by atoms with Crippen molar-refractivity contribution in [2.24, 2.45) is 17.9 Å². The maximum atomic E-state index is 12.7. The van der Waals surface area contributed by atoms with E-state index in [0.717, 1.165) is 17.1 Å². The number of pyridine rings is 1. The number of hydrogen-bond donors (Lipinski definition) is 2. The molecule has 0 saturated heterocycles. The largest absolute Gasteiger partial charge is 0.491 e. The summed E-state index contributed by atoms with van der Waals surface area (Å²) < 4.78 is 6.26. The van der Waals surface area contributed by atoms with E-state index in [4.69, 9.17) is 33.7 Å². The average molecular weight is 469 g/mol. The zero-order valence-corrected chi connectivity index (χ0v) is 18.7. The number of aromatic nitrogens is 1. The third-order valence-corrected chi connectivity index (χ3v) is 5.02. The number of nitrogens with zero attached hydrogens (tertiary/aromatic N) is 2. The lowest BCUT2D eigenvalue weighted by atomic mass is 10.1. The monoisotopic (exact) mass is 468 g/mol. The molecule has 0 fully saturated rings. The van der Waals surface area contributed by atoms with Crippen molar-refractivity contribution in [3.8, 4) is 5.75 Å². The van der Waals surface area contributed by atoms with Crippen molar-refractivity contribution in [1.82, 2.24) is 9.88 Å². The summed E-state index contributed by atoms with van der Waals surface area (Å²) in [5.74, 6) is -1.59. The van der Waals surface area contributed by atoms with E-state index in [2.05, 4.69) is 15.3 Å². The average Bonchev–Trinajstić information content (AvgIpc) is 2.73. The van der Waals surface area contributed by atoms with E-state index in [1.165, 1.54) is 20.2 Å². The number of ether oxygens (including phenoxy) is 1. The number of benzene rings is 1. The van der Waals surface area contributed by atoms with Crippen LogP contribution in [-0.4, -0.2) is 35.9 Å². The number of carbonyl (C=O) groups excluding carboxylic acids is 2. The summed E-state index contributed by atoms with van der Waals surface area (Å²) >= 11 is 11.9. The summed E-state index contributed by atoms with van der Waals surface area (Å²) in [7, 11) is 2.71. The van der Waals surface area contributed by atoms with Crippen LogP contribution in [0.3, 0.4) is 0 Å². The van der Waals surface area contributed by atoms with Crippen LogP contribution in [0.1, 0.15) is 35.0 Å². The maximum absolute atomic E-state index is 12.7. The normalized spacial score (nSPS) is 11.2. The Morgan fingerprint density at radius 1 is 1.23 bits per heavy atom. The van der Waals surface area contributed by atoms with Crippen molar-refractivity contribution >= 4 is 40.9 Å². The van der Waals surface area contributed by atoms with Gasteiger partial charge in [0.15, 0.2) is 11.6 Å². The molecule has 0 aliphatic heterocycles. The number of oxime groups is 1. The van der Waals surface area contributed by atoms with E-state index >= 15 is 0 Å². The molecule has 0 unspecified atom stereocenters. The van der Waals surface area contributed by atoms with Gasteiger partial charge in [-0.2, -0.15) is 0 Å². The van der Waals surface area contributed by atoms with Crippen molar-refractivity contribution in [3.63, 3.8) is 0 Å². The van der Waals surface area contributed by atoms with Crippen molar-refractivity contribution in [1.29, 1.82) is 0 Å². The second-order valence-corrected chi connectivity index (χ2v) is 7.32. The fourth-order valence-corrected chi connectivity index (χ4v) is 3.05. The number of aryl methyl sites for hydroxylation is 1. The number of methoxy groups -OCH3 is 1. The number of carbonyl (C=O) groups is 2. The van der Waals surface area contributed by atoms with E-state index in [9.17, 15) is 14.4 Å². The highest BCUT2D eigenvalue weighted by atomic mass is 35.5. The standard InChI is InChI=1S/C20H22Cl2N4O5/c1-11(27)31-25-18(23)16-10-13(17(30-3)20(29)26(16)2)19(28)24-8-4-5-12-6-7-14(21)15(22)9-12/h6-7,9-10H,4-5,8H2,1-3H3,(H2,23,25)(H,24,28). The molecular formula is C20H22Cl2N4O5. The highest BCUT2D eigenvalue weighted by molar-refractivity contribution is 6.42. The van der Waals surface area contributed by atoms with E-state index in [0.29, 0.717) is 29.4 Å². The van der Waals surface area contributed by atoms with Crippen molar-refractivity contribution in [3.05, 3.63) is 61.5 Å². The Labute approximate surface area is 188 Å². The number of halogens is 2. The second-order valence-electron chi connectivity index (χ2n) is 6.51. The van der Waals surface area contributed by atoms with E-state index in [-0.39, 0.29) is 22.8 Å². The number of hydrogen-bond acceptors (Lipinski definition) is 6. The van der Waals surface area contributed by atoms with Crippen LogP contribution >= 0.6 is 23.2 Å². The highest BCUT2D eigenvalue weighted by Gasteiger charge is 2.21. The second kappa shape index (κ2) is 10.8. The lowest BCUT2D eigenvalue weighted by Crippen LogP contribution is -2.33. The SMILES string of the molecule is COc1c(C(=O)NCCCc2ccc(Cl)c(Cl)c2)cc(/C(N)=N/OC(C)=O)n(C)c1=O. The lowest BCUT2D eigenvalue weighted by Gasteiger charge is -2.14. The van der Waals surface area contributed by atoms with Gasteiger partial charge in [-0.15, -0.1) is 0 Å². The van der Waals surface area contributed by atoms with Crippen LogP contribution < -0.4 is 21.3 Å². The minimum absolute atomic E-state index is 0.0175. The molecule has 1 heterocycles. The number of nitrogens with one attached hydrogen (secondary N) is 1. The third-order valence-electron chi connectivity index (χ3n) is 4.28. The molecule has 1 amide bonds. The first-order valence-corrected chi connectivity index (χ1v) is 9.92. The predicted octanol–water partition coefficient (Wildman–Crippen LogP) is 2.25. The van der Waals surface area contributed by atoms with Crippen molar-refractivity contribution in [2.45, 2.75) is 19.8 Å². The van der Waals surface area contributed by atoms with Gasteiger partial charge in [-0.25, -0.2) is 4.79 Å². The van der Waals surface area contributed by atoms with E-state index < -0.39 is 17.4 Å². The molecule has 0 aliphatic carbocycles. The summed E-state index contributed by atoms with van der Waals surface area (Å²) in [5.41, 5.74) is 6.26. The Hall–Kier alpha value is -3.04. The summed E-state index contributed by atoms with van der Waals surface area (Å²) in [6.07, 6.45) is 1.29. The van der Waals surface area contributed by atoms with Crippen LogP contribution in [0.25, 0.3) is 0 Å². The molecule has 9 nitrogen and oxygen atoms in total. The first-order chi connectivity index (χ1) is 14.6. The van der Waals surface area contributed by atoms with Crippen LogP contribution in [0.15, 0.2) is 34.2 Å². The molecule has 2 rings (SSSR count). The molecule has 3 N–H and O–H groups in total. The molecule has 0 bridgehead atoms.